The molecule has 0 radical (unpaired) electrons. The van der Waals surface area contributed by atoms with Crippen LogP contribution in [0.4, 0.5) is 5.82 Å². The minimum atomic E-state index is 0.485. The molecule has 0 saturated carbocycles. The second-order valence-electron chi connectivity index (χ2n) is 3.58. The number of ether oxygens (including phenoxy) is 1. The van der Waals surface area contributed by atoms with Gasteiger partial charge in [-0.15, -0.1) is 0 Å². The molecular weight excluding hydrogens is 318 g/mol. The smallest absolute Gasteiger partial charge is 0.227 e. The molecule has 2 aromatic rings. The lowest BCUT2D eigenvalue weighted by Gasteiger charge is -2.11. The number of hydrogen-bond acceptors (Lipinski definition) is 4. The quantitative estimate of drug-likeness (QED) is 0.924. The van der Waals surface area contributed by atoms with Gasteiger partial charge in [-0.1, -0.05) is 27.5 Å². The van der Waals surface area contributed by atoms with E-state index in [0.29, 0.717) is 16.7 Å². The van der Waals surface area contributed by atoms with E-state index < -0.39 is 0 Å². The molecule has 0 atom stereocenters. The first kappa shape index (κ1) is 13.1. The Labute approximate surface area is 118 Å². The normalized spacial score (nSPS) is 10.2. The third-order valence-corrected chi connectivity index (χ3v) is 3.16. The van der Waals surface area contributed by atoms with Crippen LogP contribution in [0.1, 0.15) is 5.56 Å². The van der Waals surface area contributed by atoms with E-state index in [1.54, 1.807) is 19.2 Å². The number of rotatable bonds is 3. The van der Waals surface area contributed by atoms with E-state index in [-0.39, 0.29) is 0 Å². The van der Waals surface area contributed by atoms with Gasteiger partial charge in [-0.05, 0) is 25.1 Å². The van der Waals surface area contributed by atoms with Crippen LogP contribution in [-0.4, -0.2) is 17.0 Å². The maximum atomic E-state index is 6.09. The van der Waals surface area contributed by atoms with Gasteiger partial charge in [-0.2, -0.15) is 0 Å². The monoisotopic (exact) mass is 327 g/mol. The van der Waals surface area contributed by atoms with Gasteiger partial charge in [0.25, 0.3) is 0 Å². The Kier molecular flexibility index (Phi) is 4.04. The van der Waals surface area contributed by atoms with Crippen LogP contribution >= 0.6 is 27.5 Å². The number of hydrogen-bond donors (Lipinski definition) is 1. The summed E-state index contributed by atoms with van der Waals surface area (Å²) in [6.07, 6.45) is 1.45. The van der Waals surface area contributed by atoms with Gasteiger partial charge >= 0.3 is 0 Å². The first-order valence-electron chi connectivity index (χ1n) is 5.24. The Hall–Kier alpha value is -1.33. The molecule has 1 heterocycles. The SMILES string of the molecule is CNc1ncnc(Oc2ccc(Br)cc2Cl)c1C. The van der Waals surface area contributed by atoms with Crippen LogP contribution in [0.25, 0.3) is 0 Å². The zero-order valence-corrected chi connectivity index (χ0v) is 12.2. The molecule has 0 aliphatic carbocycles. The summed E-state index contributed by atoms with van der Waals surface area (Å²) >= 11 is 9.43. The van der Waals surface area contributed by atoms with Crippen molar-refractivity contribution in [2.75, 3.05) is 12.4 Å². The average Bonchev–Trinajstić information content (AvgIpc) is 2.35. The molecule has 2 rings (SSSR count). The highest BCUT2D eigenvalue weighted by Crippen LogP contribution is 2.32. The van der Waals surface area contributed by atoms with Crippen LogP contribution in [0.3, 0.4) is 0 Å². The molecule has 0 aliphatic heterocycles. The average molecular weight is 329 g/mol. The number of nitrogens with zero attached hydrogens (tertiary/aromatic N) is 2. The molecule has 0 fully saturated rings. The van der Waals surface area contributed by atoms with Gasteiger partial charge in [0, 0.05) is 11.5 Å². The summed E-state index contributed by atoms with van der Waals surface area (Å²) < 4.78 is 6.59. The lowest BCUT2D eigenvalue weighted by atomic mass is 10.3. The van der Waals surface area contributed by atoms with Crippen molar-refractivity contribution >= 4 is 33.3 Å². The Bertz CT molecular complexity index is 577. The summed E-state index contributed by atoms with van der Waals surface area (Å²) in [5, 5.41) is 3.50. The first-order valence-corrected chi connectivity index (χ1v) is 6.41. The topological polar surface area (TPSA) is 47.0 Å². The van der Waals surface area contributed by atoms with Gasteiger partial charge < -0.3 is 10.1 Å². The Balaban J connectivity index is 2.34. The van der Waals surface area contributed by atoms with E-state index in [9.17, 15) is 0 Å². The number of benzene rings is 1. The minimum absolute atomic E-state index is 0.485. The number of aromatic nitrogens is 2. The Morgan fingerprint density at radius 1 is 1.33 bits per heavy atom. The maximum Gasteiger partial charge on any atom is 0.227 e. The fourth-order valence-electron chi connectivity index (χ4n) is 1.45. The van der Waals surface area contributed by atoms with Crippen LogP contribution in [0.5, 0.6) is 11.6 Å². The van der Waals surface area contributed by atoms with E-state index in [1.807, 2.05) is 13.0 Å². The molecule has 1 aromatic heterocycles. The largest absolute Gasteiger partial charge is 0.437 e. The molecule has 0 amide bonds. The summed E-state index contributed by atoms with van der Waals surface area (Å²) in [6.45, 7) is 1.88. The molecule has 94 valence electrons. The lowest BCUT2D eigenvalue weighted by Crippen LogP contribution is -2.00. The molecule has 0 spiro atoms. The van der Waals surface area contributed by atoms with Crippen molar-refractivity contribution in [3.8, 4) is 11.6 Å². The summed E-state index contributed by atoms with van der Waals surface area (Å²) in [5.74, 6) is 1.77. The summed E-state index contributed by atoms with van der Waals surface area (Å²) in [7, 11) is 1.80. The van der Waals surface area contributed by atoms with Gasteiger partial charge in [0.15, 0.2) is 0 Å². The van der Waals surface area contributed by atoms with Crippen LogP contribution in [-0.2, 0) is 0 Å². The molecule has 4 nitrogen and oxygen atoms in total. The van der Waals surface area contributed by atoms with Gasteiger partial charge in [0.05, 0.1) is 10.6 Å². The van der Waals surface area contributed by atoms with Crippen LogP contribution < -0.4 is 10.1 Å². The van der Waals surface area contributed by atoms with Gasteiger partial charge in [0.1, 0.15) is 17.9 Å². The molecule has 0 saturated heterocycles. The summed E-state index contributed by atoms with van der Waals surface area (Å²) in [6, 6.07) is 5.41. The minimum Gasteiger partial charge on any atom is -0.437 e. The fourth-order valence-corrected chi connectivity index (χ4v) is 2.16. The first-order chi connectivity index (χ1) is 8.61. The Morgan fingerprint density at radius 3 is 2.78 bits per heavy atom. The van der Waals surface area contributed by atoms with E-state index in [0.717, 1.165) is 15.9 Å². The van der Waals surface area contributed by atoms with Gasteiger partial charge in [-0.25, -0.2) is 9.97 Å². The highest BCUT2D eigenvalue weighted by Gasteiger charge is 2.10. The van der Waals surface area contributed by atoms with Crippen molar-refractivity contribution in [2.45, 2.75) is 6.92 Å². The van der Waals surface area contributed by atoms with Crippen LogP contribution in [0.2, 0.25) is 5.02 Å². The van der Waals surface area contributed by atoms with Crippen molar-refractivity contribution in [2.24, 2.45) is 0 Å². The standard InChI is InChI=1S/C12H11BrClN3O/c1-7-11(15-2)16-6-17-12(7)18-10-4-3-8(13)5-9(10)14/h3-6H,1-2H3,(H,15,16,17). The predicted molar refractivity (Wildman–Crippen MR) is 75.5 cm³/mol. The number of anilines is 1. The van der Waals surface area contributed by atoms with Gasteiger partial charge in [-0.3, -0.25) is 0 Å². The zero-order chi connectivity index (χ0) is 13.1. The third-order valence-electron chi connectivity index (χ3n) is 2.38. The lowest BCUT2D eigenvalue weighted by molar-refractivity contribution is 0.458. The molecule has 18 heavy (non-hydrogen) atoms. The molecule has 0 bridgehead atoms. The number of nitrogens with one attached hydrogen (secondary N) is 1. The highest BCUT2D eigenvalue weighted by molar-refractivity contribution is 9.10. The van der Waals surface area contributed by atoms with E-state index >= 15 is 0 Å². The fraction of sp³-hybridized carbons (Fsp3) is 0.167. The molecule has 0 aliphatic rings. The van der Waals surface area contributed by atoms with E-state index in [2.05, 4.69) is 31.2 Å². The summed E-state index contributed by atoms with van der Waals surface area (Å²) in [4.78, 5) is 8.19. The molecule has 6 heteroatoms. The second kappa shape index (κ2) is 5.54. The van der Waals surface area contributed by atoms with Crippen molar-refractivity contribution in [1.82, 2.24) is 9.97 Å². The van der Waals surface area contributed by atoms with Crippen molar-refractivity contribution in [3.05, 3.63) is 39.6 Å². The second-order valence-corrected chi connectivity index (χ2v) is 4.90. The van der Waals surface area contributed by atoms with Gasteiger partial charge in [0.2, 0.25) is 5.88 Å². The zero-order valence-electron chi connectivity index (χ0n) is 9.87. The highest BCUT2D eigenvalue weighted by atomic mass is 79.9. The predicted octanol–water partition coefficient (Wildman–Crippen LogP) is 4.03. The van der Waals surface area contributed by atoms with Crippen LogP contribution in [0, 0.1) is 6.92 Å². The molecule has 1 aromatic carbocycles. The maximum absolute atomic E-state index is 6.09. The molecular formula is C12H11BrClN3O. The van der Waals surface area contributed by atoms with Crippen molar-refractivity contribution in [3.63, 3.8) is 0 Å². The number of halogens is 2. The van der Waals surface area contributed by atoms with Crippen molar-refractivity contribution < 1.29 is 4.74 Å². The summed E-state index contributed by atoms with van der Waals surface area (Å²) in [5.41, 5.74) is 0.832. The Morgan fingerprint density at radius 2 is 2.11 bits per heavy atom. The molecule has 1 N–H and O–H groups in total. The van der Waals surface area contributed by atoms with Crippen molar-refractivity contribution in [1.29, 1.82) is 0 Å². The molecule has 0 unspecified atom stereocenters. The van der Waals surface area contributed by atoms with E-state index in [1.165, 1.54) is 6.33 Å². The van der Waals surface area contributed by atoms with E-state index in [4.69, 9.17) is 16.3 Å². The third kappa shape index (κ3) is 2.73. The van der Waals surface area contributed by atoms with Crippen LogP contribution in [0.15, 0.2) is 29.0 Å².